The van der Waals surface area contributed by atoms with E-state index in [1.807, 2.05) is 42.6 Å². The quantitative estimate of drug-likeness (QED) is 0.235. The molecule has 0 spiro atoms. The summed E-state index contributed by atoms with van der Waals surface area (Å²) in [5.74, 6) is 0.625. The maximum absolute atomic E-state index is 6.57. The Morgan fingerprint density at radius 1 is 0.947 bits per heavy atom. The number of methoxy groups -OCH3 is 1. The molecular weight excluding hydrogens is 512 g/mol. The number of nitrogens with zero attached hydrogens (tertiary/aromatic N) is 3. The van der Waals surface area contributed by atoms with Crippen LogP contribution in [-0.2, 0) is 0 Å². The number of benzene rings is 3. The molecule has 5 nitrogen and oxygen atoms in total. The number of thiocarbonyl (C=S) groups is 1. The van der Waals surface area contributed by atoms with Crippen LogP contribution < -0.4 is 15.0 Å². The van der Waals surface area contributed by atoms with Crippen molar-refractivity contribution < 1.29 is 4.74 Å². The van der Waals surface area contributed by atoms with Crippen LogP contribution in [-0.4, -0.2) is 21.8 Å². The maximum atomic E-state index is 6.57. The van der Waals surface area contributed by atoms with Crippen LogP contribution in [0.5, 0.6) is 5.75 Å². The smallest absolute Gasteiger partial charge is 0.174 e. The Balaban J connectivity index is 1.54. The van der Waals surface area contributed by atoms with Crippen LogP contribution in [0.1, 0.15) is 34.7 Å². The summed E-state index contributed by atoms with van der Waals surface area (Å²) in [5.41, 5.74) is 6.46. The Kier molecular flexibility index (Phi) is 6.30. The third-order valence-corrected chi connectivity index (χ3v) is 7.92. The molecule has 190 valence electrons. The Hall–Kier alpha value is -3.87. The van der Waals surface area contributed by atoms with Crippen molar-refractivity contribution in [3.63, 3.8) is 0 Å². The maximum Gasteiger partial charge on any atom is 0.174 e. The van der Waals surface area contributed by atoms with Crippen molar-refractivity contribution in [3.05, 3.63) is 119 Å². The summed E-state index contributed by atoms with van der Waals surface area (Å²) >= 11 is 12.5. The van der Waals surface area contributed by atoms with Crippen LogP contribution in [0.15, 0.2) is 91.1 Å². The zero-order valence-electron chi connectivity index (χ0n) is 21.4. The monoisotopic (exact) mass is 538 g/mol. The molecule has 1 aliphatic rings. The van der Waals surface area contributed by atoms with Gasteiger partial charge in [0.05, 0.1) is 35.6 Å². The number of rotatable bonds is 5. The summed E-state index contributed by atoms with van der Waals surface area (Å²) in [6.07, 6.45) is 1.82. The zero-order valence-corrected chi connectivity index (χ0v) is 22.9. The Bertz CT molecular complexity index is 1660. The summed E-state index contributed by atoms with van der Waals surface area (Å²) < 4.78 is 7.74. The molecule has 1 aliphatic heterocycles. The SMILES string of the molecule is COc1ccc(N2C(=S)NC(c3ccccn3)C2c2cc(C)n(-c3cccc4ccccc34)c2C)cc1Cl. The molecule has 3 heterocycles. The number of hydrogen-bond acceptors (Lipinski definition) is 3. The summed E-state index contributed by atoms with van der Waals surface area (Å²) in [4.78, 5) is 6.85. The molecule has 5 aromatic rings. The molecule has 0 amide bonds. The van der Waals surface area contributed by atoms with Gasteiger partial charge in [-0.05, 0) is 79.5 Å². The van der Waals surface area contributed by atoms with Crippen LogP contribution >= 0.6 is 23.8 Å². The van der Waals surface area contributed by atoms with Crippen molar-refractivity contribution >= 4 is 45.4 Å². The van der Waals surface area contributed by atoms with Crippen LogP contribution in [0.3, 0.4) is 0 Å². The first-order valence-corrected chi connectivity index (χ1v) is 13.3. The molecule has 0 aliphatic carbocycles. The van der Waals surface area contributed by atoms with Gasteiger partial charge in [-0.1, -0.05) is 54.1 Å². The largest absolute Gasteiger partial charge is 0.495 e. The number of nitrogens with one attached hydrogen (secondary N) is 1. The van der Waals surface area contributed by atoms with E-state index in [0.29, 0.717) is 15.9 Å². The fourth-order valence-corrected chi connectivity index (χ4v) is 6.21. The van der Waals surface area contributed by atoms with Gasteiger partial charge < -0.3 is 19.5 Å². The van der Waals surface area contributed by atoms with Gasteiger partial charge in [-0.3, -0.25) is 4.98 Å². The standard InChI is InChI=1S/C31H27ClN4OS/c1-19-17-24(20(2)35(19)27-13-8-10-21-9-4-5-11-23(21)27)30-29(26-12-6-7-16-33-26)34-31(38)36(30)22-14-15-28(37-3)25(32)18-22/h4-18,29-30H,1-3H3,(H,34,38). The highest BCUT2D eigenvalue weighted by Gasteiger charge is 2.42. The van der Waals surface area contributed by atoms with E-state index in [1.165, 1.54) is 16.3 Å². The minimum absolute atomic E-state index is 0.142. The van der Waals surface area contributed by atoms with E-state index in [0.717, 1.165) is 28.5 Å². The third kappa shape index (κ3) is 4.01. The number of anilines is 1. The van der Waals surface area contributed by atoms with Gasteiger partial charge in [0.25, 0.3) is 0 Å². The average Bonchev–Trinajstić information content (AvgIpc) is 3.43. The van der Waals surface area contributed by atoms with Crippen molar-refractivity contribution in [2.45, 2.75) is 25.9 Å². The van der Waals surface area contributed by atoms with Gasteiger partial charge >= 0.3 is 0 Å². The van der Waals surface area contributed by atoms with Gasteiger partial charge in [0.15, 0.2) is 5.11 Å². The van der Waals surface area contributed by atoms with E-state index in [4.69, 9.17) is 33.5 Å². The van der Waals surface area contributed by atoms with Gasteiger partial charge in [-0.25, -0.2) is 0 Å². The molecule has 38 heavy (non-hydrogen) atoms. The first-order valence-electron chi connectivity index (χ1n) is 12.5. The molecule has 6 rings (SSSR count). The molecule has 3 aromatic carbocycles. The number of hydrogen-bond donors (Lipinski definition) is 1. The fourth-order valence-electron chi connectivity index (χ4n) is 5.62. The van der Waals surface area contributed by atoms with Crippen LogP contribution in [0, 0.1) is 13.8 Å². The van der Waals surface area contributed by atoms with Crippen molar-refractivity contribution in [3.8, 4) is 11.4 Å². The van der Waals surface area contributed by atoms with Gasteiger partial charge in [0, 0.05) is 28.7 Å². The molecule has 7 heteroatoms. The van der Waals surface area contributed by atoms with E-state index >= 15 is 0 Å². The Labute approximate surface area is 232 Å². The fraction of sp³-hybridized carbons (Fsp3) is 0.161. The van der Waals surface area contributed by atoms with E-state index in [2.05, 4.69) is 77.2 Å². The minimum Gasteiger partial charge on any atom is -0.495 e. The number of aromatic nitrogens is 2. The van der Waals surface area contributed by atoms with E-state index in [1.54, 1.807) is 7.11 Å². The average molecular weight is 539 g/mol. The van der Waals surface area contributed by atoms with Gasteiger partial charge in [-0.15, -0.1) is 0 Å². The summed E-state index contributed by atoms with van der Waals surface area (Å²) in [6, 6.07) is 28.7. The number of pyridine rings is 1. The van der Waals surface area contributed by atoms with Gasteiger partial charge in [-0.2, -0.15) is 0 Å². The van der Waals surface area contributed by atoms with Crippen LogP contribution in [0.25, 0.3) is 16.5 Å². The van der Waals surface area contributed by atoms with E-state index in [-0.39, 0.29) is 12.1 Å². The lowest BCUT2D eigenvalue weighted by Crippen LogP contribution is -2.29. The first kappa shape index (κ1) is 24.5. The second-order valence-corrected chi connectivity index (χ2v) is 10.3. The predicted octanol–water partition coefficient (Wildman–Crippen LogP) is 7.48. The molecule has 1 fully saturated rings. The molecule has 1 saturated heterocycles. The van der Waals surface area contributed by atoms with Crippen molar-refractivity contribution in [2.24, 2.45) is 0 Å². The summed E-state index contributed by atoms with van der Waals surface area (Å²) in [6.45, 7) is 4.34. The van der Waals surface area contributed by atoms with E-state index in [9.17, 15) is 0 Å². The third-order valence-electron chi connectivity index (χ3n) is 7.31. The molecular formula is C31H27ClN4OS. The highest BCUT2D eigenvalue weighted by molar-refractivity contribution is 7.80. The first-order chi connectivity index (χ1) is 18.5. The predicted molar refractivity (Wildman–Crippen MR) is 159 cm³/mol. The van der Waals surface area contributed by atoms with Crippen molar-refractivity contribution in [1.29, 1.82) is 0 Å². The lowest BCUT2D eigenvalue weighted by atomic mass is 9.96. The second kappa shape index (κ2) is 9.78. The number of ether oxygens (including phenoxy) is 1. The normalized spacial score (nSPS) is 17.2. The number of halogens is 1. The molecule has 1 N–H and O–H groups in total. The topological polar surface area (TPSA) is 42.3 Å². The minimum atomic E-state index is -0.147. The second-order valence-electron chi connectivity index (χ2n) is 9.48. The molecule has 0 radical (unpaired) electrons. The molecule has 0 saturated carbocycles. The van der Waals surface area contributed by atoms with Gasteiger partial charge in [0.2, 0.25) is 0 Å². The molecule has 2 atom stereocenters. The Morgan fingerprint density at radius 3 is 2.50 bits per heavy atom. The molecule has 2 aromatic heterocycles. The highest BCUT2D eigenvalue weighted by atomic mass is 35.5. The summed E-state index contributed by atoms with van der Waals surface area (Å²) in [7, 11) is 1.62. The van der Waals surface area contributed by atoms with Crippen molar-refractivity contribution in [2.75, 3.05) is 12.0 Å². The van der Waals surface area contributed by atoms with Crippen molar-refractivity contribution in [1.82, 2.24) is 14.9 Å². The molecule has 2 unspecified atom stereocenters. The lowest BCUT2D eigenvalue weighted by Gasteiger charge is -2.28. The highest BCUT2D eigenvalue weighted by Crippen LogP contribution is 2.45. The Morgan fingerprint density at radius 2 is 1.74 bits per heavy atom. The number of fused-ring (bicyclic) bond motifs is 1. The molecule has 0 bridgehead atoms. The summed E-state index contributed by atoms with van der Waals surface area (Å²) in [5, 5.41) is 7.14. The van der Waals surface area contributed by atoms with Gasteiger partial charge in [0.1, 0.15) is 5.75 Å². The van der Waals surface area contributed by atoms with Crippen LogP contribution in [0.2, 0.25) is 5.02 Å². The van der Waals surface area contributed by atoms with Crippen LogP contribution in [0.4, 0.5) is 5.69 Å². The zero-order chi connectivity index (χ0) is 26.4. The number of aryl methyl sites for hydroxylation is 1. The van der Waals surface area contributed by atoms with E-state index < -0.39 is 0 Å². The lowest BCUT2D eigenvalue weighted by molar-refractivity contribution is 0.415.